The van der Waals surface area contributed by atoms with E-state index in [1.54, 1.807) is 25.4 Å². The summed E-state index contributed by atoms with van der Waals surface area (Å²) in [5.74, 6) is -0.468. The maximum absolute atomic E-state index is 12.5. The number of methoxy groups -OCH3 is 2. The number of esters is 1. The summed E-state index contributed by atoms with van der Waals surface area (Å²) in [6.45, 7) is 0.634. The molecule has 124 valence electrons. The molecule has 1 aromatic rings. The largest absolute Gasteiger partial charge is 0.464 e. The minimum absolute atomic E-state index is 0.00785. The molecule has 0 radical (unpaired) electrons. The zero-order valence-corrected chi connectivity index (χ0v) is 13.6. The molecule has 1 spiro atoms. The van der Waals surface area contributed by atoms with Gasteiger partial charge in [0, 0.05) is 32.3 Å². The number of pyridine rings is 1. The van der Waals surface area contributed by atoms with Gasteiger partial charge >= 0.3 is 5.97 Å². The molecular formula is C18H18N2O4. The van der Waals surface area contributed by atoms with Gasteiger partial charge in [0.15, 0.2) is 0 Å². The third-order valence-corrected chi connectivity index (χ3v) is 5.20. The molecule has 0 unspecified atom stereocenters. The predicted molar refractivity (Wildman–Crippen MR) is 85.3 cm³/mol. The summed E-state index contributed by atoms with van der Waals surface area (Å²) in [5, 5.41) is 0. The van der Waals surface area contributed by atoms with Crippen molar-refractivity contribution in [3.63, 3.8) is 0 Å². The van der Waals surface area contributed by atoms with E-state index in [0.717, 1.165) is 23.1 Å². The summed E-state index contributed by atoms with van der Waals surface area (Å²) >= 11 is 0. The van der Waals surface area contributed by atoms with Gasteiger partial charge in [-0.2, -0.15) is 0 Å². The van der Waals surface area contributed by atoms with Crippen molar-refractivity contribution >= 4 is 11.9 Å². The predicted octanol–water partition coefficient (Wildman–Crippen LogP) is 1.36. The molecule has 3 aliphatic rings. The number of carbonyl (C=O) groups excluding carboxylic acids is 2. The third-order valence-electron chi connectivity index (χ3n) is 5.20. The molecule has 3 heterocycles. The van der Waals surface area contributed by atoms with Crippen molar-refractivity contribution in [3.8, 4) is 0 Å². The maximum atomic E-state index is 12.5. The van der Waals surface area contributed by atoms with Crippen LogP contribution in [0.4, 0.5) is 0 Å². The minimum atomic E-state index is -0.578. The molecular weight excluding hydrogens is 308 g/mol. The van der Waals surface area contributed by atoms with Crippen molar-refractivity contribution in [1.82, 2.24) is 9.88 Å². The lowest BCUT2D eigenvalue weighted by Gasteiger charge is -2.47. The Morgan fingerprint density at radius 1 is 1.42 bits per heavy atom. The van der Waals surface area contributed by atoms with Gasteiger partial charge in [0.1, 0.15) is 5.69 Å². The average molecular weight is 326 g/mol. The maximum Gasteiger partial charge on any atom is 0.356 e. The first-order chi connectivity index (χ1) is 11.6. The van der Waals surface area contributed by atoms with Gasteiger partial charge in [-0.3, -0.25) is 4.79 Å². The topological polar surface area (TPSA) is 68.7 Å². The SMILES string of the molecule is COC(=O)c1cc2c(cn1)CCN1C(=O)C=C3C=C[C@H](OC)C[C@]321. The molecule has 0 fully saturated rings. The molecule has 0 N–H and O–H groups in total. The number of ether oxygens (including phenoxy) is 2. The Morgan fingerprint density at radius 3 is 3.00 bits per heavy atom. The van der Waals surface area contributed by atoms with Crippen LogP contribution in [0.3, 0.4) is 0 Å². The van der Waals surface area contributed by atoms with Gasteiger partial charge in [-0.15, -0.1) is 0 Å². The summed E-state index contributed by atoms with van der Waals surface area (Å²) in [7, 11) is 3.00. The Bertz CT molecular complexity index is 798. The van der Waals surface area contributed by atoms with Gasteiger partial charge in [0.05, 0.1) is 18.8 Å². The van der Waals surface area contributed by atoms with Gasteiger partial charge in [0.25, 0.3) is 0 Å². The van der Waals surface area contributed by atoms with Gasteiger partial charge < -0.3 is 14.4 Å². The fourth-order valence-electron chi connectivity index (χ4n) is 4.05. The highest BCUT2D eigenvalue weighted by molar-refractivity contribution is 5.95. The molecule has 2 aliphatic heterocycles. The fraction of sp³-hybridized carbons (Fsp3) is 0.389. The monoisotopic (exact) mass is 326 g/mol. The number of hydrogen-bond acceptors (Lipinski definition) is 5. The van der Waals surface area contributed by atoms with E-state index in [-0.39, 0.29) is 17.7 Å². The first kappa shape index (κ1) is 15.1. The highest BCUT2D eigenvalue weighted by atomic mass is 16.5. The fourth-order valence-corrected chi connectivity index (χ4v) is 4.05. The first-order valence-electron chi connectivity index (χ1n) is 7.92. The molecule has 6 heteroatoms. The lowest BCUT2D eigenvalue weighted by Crippen LogP contribution is -2.52. The van der Waals surface area contributed by atoms with Crippen LogP contribution in [0.1, 0.15) is 28.0 Å². The Morgan fingerprint density at radius 2 is 2.25 bits per heavy atom. The van der Waals surface area contributed by atoms with Crippen LogP contribution < -0.4 is 0 Å². The number of aromatic nitrogens is 1. The standard InChI is InChI=1S/C18H18N2O4/c1-23-13-4-3-12-7-16(21)20-6-5-11-10-19-15(17(22)24-2)8-14(11)18(12,20)9-13/h3-4,7-8,10,13H,5-6,9H2,1-2H3/t13-,18-/m0/s1. The Balaban J connectivity index is 1.92. The van der Waals surface area contributed by atoms with E-state index >= 15 is 0 Å². The minimum Gasteiger partial charge on any atom is -0.464 e. The van der Waals surface area contributed by atoms with Gasteiger partial charge in [0.2, 0.25) is 5.91 Å². The van der Waals surface area contributed by atoms with Gasteiger partial charge in [-0.1, -0.05) is 12.2 Å². The highest BCUT2D eigenvalue weighted by Gasteiger charge is 2.53. The van der Waals surface area contributed by atoms with Crippen LogP contribution in [-0.2, 0) is 26.2 Å². The van der Waals surface area contributed by atoms with E-state index in [1.165, 1.54) is 7.11 Å². The average Bonchev–Trinajstić information content (AvgIpc) is 2.92. The molecule has 1 aromatic heterocycles. The van der Waals surface area contributed by atoms with Crippen molar-refractivity contribution in [2.24, 2.45) is 0 Å². The van der Waals surface area contributed by atoms with E-state index in [0.29, 0.717) is 13.0 Å². The van der Waals surface area contributed by atoms with Crippen LogP contribution in [0.15, 0.2) is 36.1 Å². The summed E-state index contributed by atoms with van der Waals surface area (Å²) < 4.78 is 10.3. The number of carbonyl (C=O) groups is 2. The van der Waals surface area contributed by atoms with Crippen LogP contribution in [-0.4, -0.2) is 48.6 Å². The lowest BCUT2D eigenvalue weighted by atomic mass is 9.71. The van der Waals surface area contributed by atoms with Crippen molar-refractivity contribution in [1.29, 1.82) is 0 Å². The Kier molecular flexibility index (Phi) is 3.31. The molecule has 2 atom stereocenters. The quantitative estimate of drug-likeness (QED) is 0.768. The van der Waals surface area contributed by atoms with Crippen molar-refractivity contribution in [2.45, 2.75) is 24.5 Å². The highest BCUT2D eigenvalue weighted by Crippen LogP contribution is 2.50. The van der Waals surface area contributed by atoms with Crippen LogP contribution in [0.25, 0.3) is 0 Å². The zero-order valence-electron chi connectivity index (χ0n) is 13.6. The van der Waals surface area contributed by atoms with Gasteiger partial charge in [-0.05, 0) is 29.2 Å². The molecule has 0 saturated carbocycles. The Labute approximate surface area is 139 Å². The smallest absolute Gasteiger partial charge is 0.356 e. The molecule has 6 nitrogen and oxygen atoms in total. The third kappa shape index (κ3) is 1.89. The van der Waals surface area contributed by atoms with E-state index in [4.69, 9.17) is 9.47 Å². The summed E-state index contributed by atoms with van der Waals surface area (Å²) in [5.41, 5.74) is 2.64. The van der Waals surface area contributed by atoms with Crippen molar-refractivity contribution in [2.75, 3.05) is 20.8 Å². The normalized spacial score (nSPS) is 27.2. The lowest BCUT2D eigenvalue weighted by molar-refractivity contribution is -0.130. The van der Waals surface area contributed by atoms with Crippen LogP contribution in [0.5, 0.6) is 0 Å². The van der Waals surface area contributed by atoms with E-state index in [2.05, 4.69) is 4.98 Å². The molecule has 1 amide bonds. The van der Waals surface area contributed by atoms with E-state index in [9.17, 15) is 9.59 Å². The molecule has 4 rings (SSSR count). The first-order valence-corrected chi connectivity index (χ1v) is 7.92. The molecule has 0 aromatic carbocycles. The summed E-state index contributed by atoms with van der Waals surface area (Å²) in [6.07, 6.45) is 8.63. The molecule has 24 heavy (non-hydrogen) atoms. The zero-order chi connectivity index (χ0) is 16.9. The second-order valence-corrected chi connectivity index (χ2v) is 6.26. The summed E-state index contributed by atoms with van der Waals surface area (Å²) in [4.78, 5) is 30.5. The molecule has 1 aliphatic carbocycles. The summed E-state index contributed by atoms with van der Waals surface area (Å²) in [6, 6.07) is 1.77. The Hall–Kier alpha value is -2.47. The number of hydrogen-bond donors (Lipinski definition) is 0. The number of amides is 1. The molecule has 0 bridgehead atoms. The van der Waals surface area contributed by atoms with Crippen LogP contribution >= 0.6 is 0 Å². The number of rotatable bonds is 2. The molecule has 0 saturated heterocycles. The van der Waals surface area contributed by atoms with Crippen LogP contribution in [0, 0.1) is 0 Å². The number of nitrogens with zero attached hydrogens (tertiary/aromatic N) is 2. The van der Waals surface area contributed by atoms with Crippen molar-refractivity contribution < 1.29 is 19.1 Å². The second-order valence-electron chi connectivity index (χ2n) is 6.26. The number of fused-ring (bicyclic) bond motifs is 1. The van der Waals surface area contributed by atoms with E-state index in [1.807, 2.05) is 17.1 Å². The van der Waals surface area contributed by atoms with E-state index < -0.39 is 11.5 Å². The van der Waals surface area contributed by atoms with Crippen LogP contribution in [0.2, 0.25) is 0 Å². The van der Waals surface area contributed by atoms with Crippen molar-refractivity contribution in [3.05, 3.63) is 52.9 Å². The second kappa shape index (κ2) is 5.27. The van der Waals surface area contributed by atoms with Gasteiger partial charge in [-0.25, -0.2) is 9.78 Å².